The Morgan fingerprint density at radius 1 is 1.07 bits per heavy atom. The maximum Gasteiger partial charge on any atom is 0.164 e. The Balaban J connectivity index is 1.46. The van der Waals surface area contributed by atoms with E-state index < -0.39 is 0 Å². The molecule has 1 aliphatic heterocycles. The van der Waals surface area contributed by atoms with E-state index >= 15 is 0 Å². The van der Waals surface area contributed by atoms with E-state index in [0.717, 1.165) is 35.4 Å². The quantitative estimate of drug-likeness (QED) is 0.378. The summed E-state index contributed by atoms with van der Waals surface area (Å²) in [4.78, 5) is 4.36. The van der Waals surface area contributed by atoms with E-state index in [2.05, 4.69) is 18.0 Å². The Labute approximate surface area is 168 Å². The van der Waals surface area contributed by atoms with E-state index in [0.29, 0.717) is 23.5 Å². The average molecular weight is 382 g/mol. The summed E-state index contributed by atoms with van der Waals surface area (Å²) in [6.45, 7) is 2.57. The van der Waals surface area contributed by atoms with Crippen molar-refractivity contribution < 1.29 is 4.48 Å². The Hall–Kier alpha value is -2.15. The first-order chi connectivity index (χ1) is 13.7. The molecule has 1 aromatic rings. The Bertz CT molecular complexity index is 721. The van der Waals surface area contributed by atoms with Crippen LogP contribution in [0.5, 0.6) is 0 Å². The fourth-order valence-electron chi connectivity index (χ4n) is 4.44. The molecule has 1 aliphatic carbocycles. The van der Waals surface area contributed by atoms with Crippen LogP contribution in [0.4, 0.5) is 4.48 Å². The van der Waals surface area contributed by atoms with Gasteiger partial charge in [-0.15, -0.1) is 0 Å². The highest BCUT2D eigenvalue weighted by Crippen LogP contribution is 2.35. The number of rotatable bonds is 8. The standard InChI is InChI=1S/C24H32FN3/c1-2-3-4-5-19-6-8-20(9-7-19)10-11-22-17-27-24(28(25)18-22)23-14-12-21(16-26)13-15-23/h12-15,17,19-20H,2-11,18H2,1H3/t19-,20-. The van der Waals surface area contributed by atoms with E-state index in [1.54, 1.807) is 24.3 Å². The molecule has 28 heavy (non-hydrogen) atoms. The zero-order valence-corrected chi connectivity index (χ0v) is 17.0. The maximum absolute atomic E-state index is 14.5. The van der Waals surface area contributed by atoms with E-state index in [9.17, 15) is 4.48 Å². The maximum atomic E-state index is 14.5. The van der Waals surface area contributed by atoms with Gasteiger partial charge in [0, 0.05) is 11.8 Å². The minimum absolute atomic E-state index is 0.297. The SMILES string of the molecule is CCCCC[C@H]1CC[C@H](CCC2=CN=C(c3ccc(C#N)cc3)N(F)C2)CC1. The van der Waals surface area contributed by atoms with Gasteiger partial charge in [-0.25, -0.2) is 4.99 Å². The lowest BCUT2D eigenvalue weighted by molar-refractivity contribution is 0.131. The molecule has 0 unspecified atom stereocenters. The number of amidine groups is 1. The summed E-state index contributed by atoms with van der Waals surface area (Å²) in [6, 6.07) is 8.98. The minimum Gasteiger partial charge on any atom is -0.236 e. The number of halogens is 1. The van der Waals surface area contributed by atoms with E-state index in [-0.39, 0.29) is 0 Å². The van der Waals surface area contributed by atoms with Crippen LogP contribution in [0.2, 0.25) is 0 Å². The lowest BCUT2D eigenvalue weighted by Crippen LogP contribution is -2.28. The van der Waals surface area contributed by atoms with Gasteiger partial charge >= 0.3 is 0 Å². The van der Waals surface area contributed by atoms with Gasteiger partial charge in [0.2, 0.25) is 0 Å². The molecule has 0 saturated heterocycles. The third-order valence-electron chi connectivity index (χ3n) is 6.27. The van der Waals surface area contributed by atoms with Gasteiger partial charge in [0.15, 0.2) is 5.84 Å². The monoisotopic (exact) mass is 381 g/mol. The normalized spacial score (nSPS) is 22.4. The van der Waals surface area contributed by atoms with Crippen LogP contribution in [0, 0.1) is 23.2 Å². The van der Waals surface area contributed by atoms with Crippen LogP contribution in [-0.2, 0) is 0 Å². The molecule has 3 nitrogen and oxygen atoms in total. The minimum atomic E-state index is 0.297. The highest BCUT2D eigenvalue weighted by Gasteiger charge is 2.23. The summed E-state index contributed by atoms with van der Waals surface area (Å²) in [6.07, 6.45) is 14.9. The third-order valence-corrected chi connectivity index (χ3v) is 6.27. The number of hydrogen-bond donors (Lipinski definition) is 0. The topological polar surface area (TPSA) is 39.4 Å². The summed E-state index contributed by atoms with van der Waals surface area (Å²) in [5.41, 5.74) is 2.35. The van der Waals surface area contributed by atoms with Gasteiger partial charge in [-0.3, -0.25) is 0 Å². The van der Waals surface area contributed by atoms with Crippen molar-refractivity contribution in [2.45, 2.75) is 71.1 Å². The van der Waals surface area contributed by atoms with Gasteiger partial charge in [0.25, 0.3) is 0 Å². The zero-order valence-electron chi connectivity index (χ0n) is 17.0. The molecule has 0 atom stereocenters. The molecule has 0 bridgehead atoms. The second kappa shape index (κ2) is 10.4. The number of unbranched alkanes of at least 4 members (excludes halogenated alkanes) is 2. The molecule has 1 fully saturated rings. The second-order valence-corrected chi connectivity index (χ2v) is 8.37. The molecular formula is C24H32FN3. The Kier molecular flexibility index (Phi) is 7.65. The molecule has 0 radical (unpaired) electrons. The summed E-state index contributed by atoms with van der Waals surface area (Å²) in [5, 5.41) is 9.62. The third kappa shape index (κ3) is 5.67. The van der Waals surface area contributed by atoms with Crippen LogP contribution in [0.15, 0.2) is 41.0 Å². The van der Waals surface area contributed by atoms with Crippen LogP contribution >= 0.6 is 0 Å². The summed E-state index contributed by atoms with van der Waals surface area (Å²) >= 11 is 0. The Morgan fingerprint density at radius 3 is 2.36 bits per heavy atom. The first-order valence-corrected chi connectivity index (χ1v) is 10.9. The van der Waals surface area contributed by atoms with Crippen LogP contribution in [0.1, 0.15) is 82.3 Å². The predicted octanol–water partition coefficient (Wildman–Crippen LogP) is 6.56. The number of nitrogens with zero attached hydrogens (tertiary/aromatic N) is 3. The molecule has 1 saturated carbocycles. The smallest absolute Gasteiger partial charge is 0.164 e. The van der Waals surface area contributed by atoms with E-state index in [1.807, 2.05) is 6.20 Å². The largest absolute Gasteiger partial charge is 0.236 e. The predicted molar refractivity (Wildman–Crippen MR) is 112 cm³/mol. The number of hydrogen-bond acceptors (Lipinski definition) is 3. The van der Waals surface area contributed by atoms with Crippen LogP contribution < -0.4 is 0 Å². The molecular weight excluding hydrogens is 349 g/mol. The zero-order chi connectivity index (χ0) is 19.8. The lowest BCUT2D eigenvalue weighted by Gasteiger charge is -2.29. The van der Waals surface area contributed by atoms with Crippen molar-refractivity contribution in [2.24, 2.45) is 16.8 Å². The average Bonchev–Trinajstić information content (AvgIpc) is 2.73. The van der Waals surface area contributed by atoms with E-state index in [4.69, 9.17) is 5.26 Å². The highest BCUT2D eigenvalue weighted by molar-refractivity contribution is 5.99. The van der Waals surface area contributed by atoms with Crippen molar-refractivity contribution in [1.29, 1.82) is 5.26 Å². The highest BCUT2D eigenvalue weighted by atomic mass is 19.2. The molecule has 0 spiro atoms. The lowest BCUT2D eigenvalue weighted by atomic mass is 9.77. The summed E-state index contributed by atoms with van der Waals surface area (Å²) in [5.74, 6) is 2.07. The van der Waals surface area contributed by atoms with Crippen molar-refractivity contribution in [3.63, 3.8) is 0 Å². The van der Waals surface area contributed by atoms with Crippen molar-refractivity contribution in [3.8, 4) is 6.07 Å². The van der Waals surface area contributed by atoms with Crippen molar-refractivity contribution in [1.82, 2.24) is 5.12 Å². The first-order valence-electron chi connectivity index (χ1n) is 10.9. The molecule has 0 aromatic heterocycles. The van der Waals surface area contributed by atoms with Gasteiger partial charge in [0.1, 0.15) is 0 Å². The van der Waals surface area contributed by atoms with Gasteiger partial charge in [0.05, 0.1) is 18.2 Å². The summed E-state index contributed by atoms with van der Waals surface area (Å²) in [7, 11) is 0. The molecule has 150 valence electrons. The molecule has 1 heterocycles. The number of nitriles is 1. The Morgan fingerprint density at radius 2 is 1.75 bits per heavy atom. The van der Waals surface area contributed by atoms with Gasteiger partial charge in [-0.1, -0.05) is 62.8 Å². The molecule has 3 rings (SSSR count). The van der Waals surface area contributed by atoms with Crippen molar-refractivity contribution >= 4 is 5.84 Å². The van der Waals surface area contributed by atoms with Crippen LogP contribution in [-0.4, -0.2) is 17.5 Å². The first kappa shape index (κ1) is 20.6. The second-order valence-electron chi connectivity index (χ2n) is 8.37. The number of aliphatic imine (C=N–C) groups is 1. The molecule has 0 N–H and O–H groups in total. The van der Waals surface area contributed by atoms with Gasteiger partial charge < -0.3 is 0 Å². The molecule has 1 aromatic carbocycles. The fourth-order valence-corrected chi connectivity index (χ4v) is 4.44. The molecule has 2 aliphatic rings. The van der Waals surface area contributed by atoms with Crippen LogP contribution in [0.3, 0.4) is 0 Å². The van der Waals surface area contributed by atoms with E-state index in [1.165, 1.54) is 51.4 Å². The fraction of sp³-hybridized carbons (Fsp3) is 0.583. The van der Waals surface area contributed by atoms with Gasteiger partial charge in [-0.05, 0) is 54.5 Å². The summed E-state index contributed by atoms with van der Waals surface area (Å²) < 4.78 is 14.5. The molecule has 4 heteroatoms. The van der Waals surface area contributed by atoms with Crippen LogP contribution in [0.25, 0.3) is 0 Å². The van der Waals surface area contributed by atoms with Crippen molar-refractivity contribution in [3.05, 3.63) is 47.2 Å². The molecule has 0 amide bonds. The van der Waals surface area contributed by atoms with Crippen molar-refractivity contribution in [2.75, 3.05) is 6.54 Å². The number of benzene rings is 1. The van der Waals surface area contributed by atoms with Gasteiger partial charge in [-0.2, -0.15) is 10.4 Å².